The van der Waals surface area contributed by atoms with E-state index in [2.05, 4.69) is 20.1 Å². The number of aromatic nitrogens is 3. The fourth-order valence-electron chi connectivity index (χ4n) is 3.63. The molecule has 1 aliphatic rings. The van der Waals surface area contributed by atoms with Gasteiger partial charge in [0.25, 0.3) is 5.91 Å². The number of ether oxygens (including phenoxy) is 1. The van der Waals surface area contributed by atoms with Crippen molar-refractivity contribution in [2.45, 2.75) is 31.7 Å². The van der Waals surface area contributed by atoms with Crippen molar-refractivity contribution >= 4 is 17.4 Å². The second kappa shape index (κ2) is 7.86. The highest BCUT2D eigenvalue weighted by Gasteiger charge is 2.36. The van der Waals surface area contributed by atoms with Crippen LogP contribution in [0.5, 0.6) is 5.75 Å². The molecule has 2 atom stereocenters. The number of carbonyl (C=O) groups is 2. The molecule has 1 N–H and O–H groups in total. The molecule has 160 valence electrons. The molecule has 2 aromatic heterocycles. The molecule has 1 amide bonds. The average Bonchev–Trinajstić information content (AvgIpc) is 3.15. The van der Waals surface area contributed by atoms with Crippen molar-refractivity contribution in [3.05, 3.63) is 71.8 Å². The number of halogens is 3. The van der Waals surface area contributed by atoms with Crippen LogP contribution in [0, 0.1) is 0 Å². The van der Waals surface area contributed by atoms with Crippen LogP contribution in [0.1, 0.15) is 51.7 Å². The van der Waals surface area contributed by atoms with E-state index in [1.165, 1.54) is 36.7 Å². The van der Waals surface area contributed by atoms with E-state index in [4.69, 9.17) is 0 Å². The third kappa shape index (κ3) is 4.27. The molecule has 1 unspecified atom stereocenters. The van der Waals surface area contributed by atoms with Crippen LogP contribution >= 0.6 is 0 Å². The minimum atomic E-state index is -4.79. The molecular formula is C21H17F3N4O3. The van der Waals surface area contributed by atoms with E-state index in [-0.39, 0.29) is 29.0 Å². The zero-order valence-electron chi connectivity index (χ0n) is 16.3. The van der Waals surface area contributed by atoms with E-state index in [0.29, 0.717) is 17.5 Å². The van der Waals surface area contributed by atoms with Gasteiger partial charge < -0.3 is 10.1 Å². The standard InChI is InChI=1S/C21H17F3N4O3/c1-12-9-16(13-4-6-15(7-5-13)31-21(22,23)24)19(29)18-17(11-26-28(12)18)27-20(30)14-3-2-8-25-10-14/h2-8,10-12,16H,9H2,1H3,(H,27,30)/t12-,16?/m0/s1. The smallest absolute Gasteiger partial charge is 0.406 e. The van der Waals surface area contributed by atoms with E-state index in [0.717, 1.165) is 0 Å². The molecule has 1 aliphatic heterocycles. The molecule has 0 fully saturated rings. The maximum Gasteiger partial charge on any atom is 0.573 e. The number of nitrogens with zero attached hydrogens (tertiary/aromatic N) is 3. The van der Waals surface area contributed by atoms with Crippen molar-refractivity contribution in [2.24, 2.45) is 0 Å². The van der Waals surface area contributed by atoms with Gasteiger partial charge in [0.1, 0.15) is 11.4 Å². The summed E-state index contributed by atoms with van der Waals surface area (Å²) < 4.78 is 42.6. The number of rotatable bonds is 4. The minimum Gasteiger partial charge on any atom is -0.406 e. The number of hydrogen-bond acceptors (Lipinski definition) is 5. The van der Waals surface area contributed by atoms with Gasteiger partial charge in [-0.05, 0) is 43.2 Å². The summed E-state index contributed by atoms with van der Waals surface area (Å²) in [7, 11) is 0. The minimum absolute atomic E-state index is 0.159. The number of fused-ring (bicyclic) bond motifs is 1. The largest absolute Gasteiger partial charge is 0.573 e. The molecule has 0 radical (unpaired) electrons. The Labute approximate surface area is 174 Å². The lowest BCUT2D eigenvalue weighted by Gasteiger charge is -2.28. The van der Waals surface area contributed by atoms with E-state index in [1.807, 2.05) is 6.92 Å². The summed E-state index contributed by atoms with van der Waals surface area (Å²) in [5.74, 6) is -1.66. The Kier molecular flexibility index (Phi) is 5.22. The van der Waals surface area contributed by atoms with E-state index in [9.17, 15) is 22.8 Å². The van der Waals surface area contributed by atoms with Crippen molar-refractivity contribution in [3.63, 3.8) is 0 Å². The molecule has 7 nitrogen and oxygen atoms in total. The Hall–Kier alpha value is -3.69. The fraction of sp³-hybridized carbons (Fsp3) is 0.238. The summed E-state index contributed by atoms with van der Waals surface area (Å²) in [4.78, 5) is 29.6. The van der Waals surface area contributed by atoms with Gasteiger partial charge in [0.2, 0.25) is 0 Å². The number of hydrogen-bond donors (Lipinski definition) is 1. The van der Waals surface area contributed by atoms with Gasteiger partial charge in [0.15, 0.2) is 5.78 Å². The highest BCUT2D eigenvalue weighted by atomic mass is 19.4. The van der Waals surface area contributed by atoms with Gasteiger partial charge in [0.05, 0.1) is 29.4 Å². The molecule has 0 spiro atoms. The zero-order chi connectivity index (χ0) is 22.2. The fourth-order valence-corrected chi connectivity index (χ4v) is 3.63. The third-order valence-electron chi connectivity index (χ3n) is 5.03. The Morgan fingerprint density at radius 1 is 1.19 bits per heavy atom. The van der Waals surface area contributed by atoms with Crippen LogP contribution < -0.4 is 10.1 Å². The molecule has 0 aliphatic carbocycles. The van der Waals surface area contributed by atoms with Gasteiger partial charge in [0, 0.05) is 12.4 Å². The van der Waals surface area contributed by atoms with Crippen molar-refractivity contribution in [1.82, 2.24) is 14.8 Å². The van der Waals surface area contributed by atoms with Crippen LogP contribution in [0.2, 0.25) is 0 Å². The molecule has 0 saturated carbocycles. The predicted molar refractivity (Wildman–Crippen MR) is 104 cm³/mol. The monoisotopic (exact) mass is 430 g/mol. The lowest BCUT2D eigenvalue weighted by Crippen LogP contribution is -2.29. The predicted octanol–water partition coefficient (Wildman–Crippen LogP) is 4.36. The number of alkyl halides is 3. The lowest BCUT2D eigenvalue weighted by molar-refractivity contribution is -0.274. The van der Waals surface area contributed by atoms with Crippen molar-refractivity contribution < 1.29 is 27.5 Å². The maximum atomic E-state index is 13.2. The van der Waals surface area contributed by atoms with Gasteiger partial charge in [-0.25, -0.2) is 0 Å². The first-order valence-electron chi connectivity index (χ1n) is 9.42. The second-order valence-corrected chi connectivity index (χ2v) is 7.17. The van der Waals surface area contributed by atoms with Gasteiger partial charge >= 0.3 is 6.36 Å². The SMILES string of the molecule is C[C@H]1CC(c2ccc(OC(F)(F)F)cc2)C(=O)c2c(NC(=O)c3cccnc3)cnn21. The number of benzene rings is 1. The number of pyridine rings is 1. The number of ketones is 1. The van der Waals surface area contributed by atoms with Crippen LogP contribution in [-0.4, -0.2) is 32.8 Å². The third-order valence-corrected chi connectivity index (χ3v) is 5.03. The van der Waals surface area contributed by atoms with Crippen LogP contribution in [0.4, 0.5) is 18.9 Å². The number of carbonyl (C=O) groups excluding carboxylic acids is 2. The molecule has 0 saturated heterocycles. The van der Waals surface area contributed by atoms with Gasteiger partial charge in [-0.1, -0.05) is 12.1 Å². The number of anilines is 1. The molecule has 0 bridgehead atoms. The topological polar surface area (TPSA) is 86.1 Å². The number of nitrogens with one attached hydrogen (secondary N) is 1. The van der Waals surface area contributed by atoms with Gasteiger partial charge in [-0.2, -0.15) is 5.10 Å². The highest BCUT2D eigenvalue weighted by Crippen LogP contribution is 2.38. The molecule has 1 aromatic carbocycles. The second-order valence-electron chi connectivity index (χ2n) is 7.17. The van der Waals surface area contributed by atoms with Crippen LogP contribution in [-0.2, 0) is 0 Å². The Morgan fingerprint density at radius 2 is 1.94 bits per heavy atom. The summed E-state index contributed by atoms with van der Waals surface area (Å²) >= 11 is 0. The van der Waals surface area contributed by atoms with Crippen LogP contribution in [0.25, 0.3) is 0 Å². The molecule has 4 rings (SSSR count). The normalized spacial score (nSPS) is 18.4. The maximum absolute atomic E-state index is 13.2. The molecule has 10 heteroatoms. The highest BCUT2D eigenvalue weighted by molar-refractivity contribution is 6.10. The van der Waals surface area contributed by atoms with Gasteiger partial charge in [-0.3, -0.25) is 19.3 Å². The molecule has 3 heterocycles. The quantitative estimate of drug-likeness (QED) is 0.665. The lowest BCUT2D eigenvalue weighted by atomic mass is 9.84. The summed E-state index contributed by atoms with van der Waals surface area (Å²) in [6, 6.07) is 8.29. The number of amides is 1. The summed E-state index contributed by atoms with van der Waals surface area (Å²) in [5.41, 5.74) is 1.41. The van der Waals surface area contributed by atoms with Crippen molar-refractivity contribution in [1.29, 1.82) is 0 Å². The first-order chi connectivity index (χ1) is 14.7. The van der Waals surface area contributed by atoms with Gasteiger partial charge in [-0.15, -0.1) is 13.2 Å². The number of Topliss-reactive ketones (excluding diaryl/α,β-unsaturated/α-hetero) is 1. The zero-order valence-corrected chi connectivity index (χ0v) is 16.3. The first kappa shape index (κ1) is 20.6. The van der Waals surface area contributed by atoms with Crippen molar-refractivity contribution in [2.75, 3.05) is 5.32 Å². The van der Waals surface area contributed by atoms with Crippen LogP contribution in [0.15, 0.2) is 55.0 Å². The van der Waals surface area contributed by atoms with E-state index < -0.39 is 18.2 Å². The Morgan fingerprint density at radius 3 is 2.58 bits per heavy atom. The van der Waals surface area contributed by atoms with Crippen molar-refractivity contribution in [3.8, 4) is 5.75 Å². The summed E-state index contributed by atoms with van der Waals surface area (Å²) in [5, 5.41) is 6.93. The molecular weight excluding hydrogens is 413 g/mol. The average molecular weight is 430 g/mol. The van der Waals surface area contributed by atoms with E-state index in [1.54, 1.807) is 23.0 Å². The Balaban J connectivity index is 1.59. The summed E-state index contributed by atoms with van der Waals surface area (Å²) in [6.45, 7) is 1.88. The summed E-state index contributed by atoms with van der Waals surface area (Å²) in [6.07, 6.45) is -0.00326. The molecule has 31 heavy (non-hydrogen) atoms. The van der Waals surface area contributed by atoms with E-state index >= 15 is 0 Å². The molecule has 3 aromatic rings. The Bertz CT molecular complexity index is 1110. The first-order valence-corrected chi connectivity index (χ1v) is 9.42. The van der Waals surface area contributed by atoms with Crippen LogP contribution in [0.3, 0.4) is 0 Å².